The van der Waals surface area contributed by atoms with Gasteiger partial charge in [-0.1, -0.05) is 46.3 Å². The molecule has 3 unspecified atom stereocenters. The number of nitriles is 1. The van der Waals surface area contributed by atoms with Crippen molar-refractivity contribution in [3.05, 3.63) is 35.9 Å². The topological polar surface area (TPSA) is 52.9 Å². The second-order valence-corrected chi connectivity index (χ2v) is 5.01. The second-order valence-electron chi connectivity index (χ2n) is 3.83. The van der Waals surface area contributed by atoms with Crippen LogP contribution in [0.5, 0.6) is 0 Å². The summed E-state index contributed by atoms with van der Waals surface area (Å²) in [7, 11) is 0. The van der Waals surface area contributed by atoms with Crippen LogP contribution in [0.3, 0.4) is 0 Å². The van der Waals surface area contributed by atoms with E-state index in [-0.39, 0.29) is 16.8 Å². The van der Waals surface area contributed by atoms with Crippen LogP contribution in [0.2, 0.25) is 0 Å². The van der Waals surface area contributed by atoms with Crippen molar-refractivity contribution < 1.29 is 4.79 Å². The van der Waals surface area contributed by atoms with Crippen LogP contribution in [0, 0.1) is 17.2 Å². The molecule has 1 saturated heterocycles. The first-order valence-electron chi connectivity index (χ1n) is 5.11. The molecule has 3 atom stereocenters. The molecule has 16 heavy (non-hydrogen) atoms. The molecule has 1 heterocycles. The maximum Gasteiger partial charge on any atom is 0.237 e. The number of piperidine rings is 1. The van der Waals surface area contributed by atoms with Crippen molar-refractivity contribution in [2.75, 3.05) is 0 Å². The first-order chi connectivity index (χ1) is 7.72. The van der Waals surface area contributed by atoms with Crippen molar-refractivity contribution in [1.29, 1.82) is 5.26 Å². The Kier molecular flexibility index (Phi) is 3.25. The minimum atomic E-state index is -0.538. The highest BCUT2D eigenvalue weighted by atomic mass is 79.9. The Labute approximate surface area is 103 Å². The van der Waals surface area contributed by atoms with Crippen molar-refractivity contribution in [1.82, 2.24) is 5.32 Å². The van der Waals surface area contributed by atoms with Crippen LogP contribution in [0.1, 0.15) is 18.0 Å². The van der Waals surface area contributed by atoms with Gasteiger partial charge in [-0.05, 0) is 12.0 Å². The lowest BCUT2D eigenvalue weighted by molar-refractivity contribution is -0.125. The molecule has 1 aromatic rings. The van der Waals surface area contributed by atoms with Gasteiger partial charge in [-0.3, -0.25) is 4.79 Å². The van der Waals surface area contributed by atoms with Crippen molar-refractivity contribution in [3.63, 3.8) is 0 Å². The average molecular weight is 279 g/mol. The molecule has 2 rings (SSSR count). The molecule has 0 radical (unpaired) electrons. The van der Waals surface area contributed by atoms with E-state index in [1.165, 1.54) is 0 Å². The Morgan fingerprint density at radius 1 is 1.38 bits per heavy atom. The third kappa shape index (κ3) is 2.10. The van der Waals surface area contributed by atoms with E-state index in [9.17, 15) is 4.79 Å². The molecule has 0 bridgehead atoms. The molecule has 0 saturated carbocycles. The normalized spacial score (nSPS) is 29.2. The summed E-state index contributed by atoms with van der Waals surface area (Å²) in [5.41, 5.74) is 1.06. The van der Waals surface area contributed by atoms with Gasteiger partial charge in [0.25, 0.3) is 0 Å². The number of amides is 1. The quantitative estimate of drug-likeness (QED) is 0.801. The summed E-state index contributed by atoms with van der Waals surface area (Å²) in [6, 6.07) is 11.8. The number of carbonyl (C=O) groups is 1. The summed E-state index contributed by atoms with van der Waals surface area (Å²) < 4.78 is 0. The first kappa shape index (κ1) is 11.2. The van der Waals surface area contributed by atoms with E-state index < -0.39 is 5.92 Å². The number of halogens is 1. The van der Waals surface area contributed by atoms with Gasteiger partial charge >= 0.3 is 0 Å². The number of nitrogens with one attached hydrogen (secondary N) is 1. The molecular weight excluding hydrogens is 268 g/mol. The maximum atomic E-state index is 11.6. The molecule has 0 aromatic heterocycles. The summed E-state index contributed by atoms with van der Waals surface area (Å²) in [5, 5.41) is 11.7. The molecule has 1 aliphatic rings. The summed E-state index contributed by atoms with van der Waals surface area (Å²) in [6.45, 7) is 0. The zero-order chi connectivity index (χ0) is 11.5. The van der Waals surface area contributed by atoms with Gasteiger partial charge in [-0.25, -0.2) is 0 Å². The van der Waals surface area contributed by atoms with Crippen molar-refractivity contribution >= 4 is 21.8 Å². The molecule has 4 heteroatoms. The van der Waals surface area contributed by atoms with E-state index in [2.05, 4.69) is 21.2 Å². The number of benzene rings is 1. The lowest BCUT2D eigenvalue weighted by Gasteiger charge is -2.31. The smallest absolute Gasteiger partial charge is 0.237 e. The van der Waals surface area contributed by atoms with E-state index in [0.717, 1.165) is 5.56 Å². The summed E-state index contributed by atoms with van der Waals surface area (Å²) in [4.78, 5) is 11.7. The zero-order valence-corrected chi connectivity index (χ0v) is 10.1. The van der Waals surface area contributed by atoms with Gasteiger partial charge in [0.1, 0.15) is 5.92 Å². The highest BCUT2D eigenvalue weighted by Crippen LogP contribution is 2.31. The number of alkyl halides is 1. The molecular formula is C12H11BrN2O. The highest BCUT2D eigenvalue weighted by molar-refractivity contribution is 9.09. The molecule has 0 spiro atoms. The Bertz CT molecular complexity index is 426. The lowest BCUT2D eigenvalue weighted by atomic mass is 9.91. The van der Waals surface area contributed by atoms with E-state index in [4.69, 9.17) is 5.26 Å². The molecule has 0 aliphatic carbocycles. The Morgan fingerprint density at radius 2 is 2.06 bits per heavy atom. The number of hydrogen-bond donors (Lipinski definition) is 1. The molecule has 82 valence electrons. The van der Waals surface area contributed by atoms with Crippen LogP contribution in [0.15, 0.2) is 30.3 Å². The van der Waals surface area contributed by atoms with Gasteiger partial charge in [0.05, 0.1) is 12.1 Å². The second kappa shape index (κ2) is 4.67. The van der Waals surface area contributed by atoms with Crippen LogP contribution in [0.25, 0.3) is 0 Å². The van der Waals surface area contributed by atoms with Gasteiger partial charge < -0.3 is 5.32 Å². The molecule has 1 amide bonds. The molecule has 1 aromatic carbocycles. The lowest BCUT2D eigenvalue weighted by Crippen LogP contribution is -2.44. The number of rotatable bonds is 1. The van der Waals surface area contributed by atoms with E-state index in [1.807, 2.05) is 36.4 Å². The molecule has 1 N–H and O–H groups in total. The third-order valence-electron chi connectivity index (χ3n) is 2.75. The Morgan fingerprint density at radius 3 is 2.69 bits per heavy atom. The predicted molar refractivity (Wildman–Crippen MR) is 63.8 cm³/mol. The fourth-order valence-electron chi connectivity index (χ4n) is 1.88. The van der Waals surface area contributed by atoms with Crippen LogP contribution >= 0.6 is 15.9 Å². The predicted octanol–water partition coefficient (Wildman–Crippen LogP) is 2.15. The van der Waals surface area contributed by atoms with Gasteiger partial charge in [-0.15, -0.1) is 0 Å². The third-order valence-corrected chi connectivity index (χ3v) is 3.65. The van der Waals surface area contributed by atoms with Crippen molar-refractivity contribution in [3.8, 4) is 6.07 Å². The van der Waals surface area contributed by atoms with E-state index in [1.54, 1.807) is 0 Å². The Balaban J connectivity index is 2.20. The minimum absolute atomic E-state index is 0.0432. The minimum Gasteiger partial charge on any atom is -0.347 e. The average Bonchev–Trinajstić information content (AvgIpc) is 2.32. The first-order valence-corrected chi connectivity index (χ1v) is 6.03. The number of hydrogen-bond acceptors (Lipinski definition) is 2. The molecule has 3 nitrogen and oxygen atoms in total. The van der Waals surface area contributed by atoms with Crippen LogP contribution in [0.4, 0.5) is 0 Å². The van der Waals surface area contributed by atoms with Gasteiger partial charge in [0, 0.05) is 4.83 Å². The van der Waals surface area contributed by atoms with E-state index in [0.29, 0.717) is 6.42 Å². The van der Waals surface area contributed by atoms with Crippen molar-refractivity contribution in [2.45, 2.75) is 17.3 Å². The fourth-order valence-corrected chi connectivity index (χ4v) is 2.69. The largest absolute Gasteiger partial charge is 0.347 e. The number of carbonyl (C=O) groups excluding carboxylic acids is 1. The summed E-state index contributed by atoms with van der Waals surface area (Å²) in [6.07, 6.45) is 0.557. The summed E-state index contributed by atoms with van der Waals surface area (Å²) >= 11 is 3.53. The van der Waals surface area contributed by atoms with Gasteiger partial charge in [-0.2, -0.15) is 5.26 Å². The fraction of sp³-hybridized carbons (Fsp3) is 0.333. The maximum absolute atomic E-state index is 11.6. The highest BCUT2D eigenvalue weighted by Gasteiger charge is 2.34. The molecule has 1 aliphatic heterocycles. The molecule has 1 fully saturated rings. The monoisotopic (exact) mass is 278 g/mol. The number of nitrogens with zero attached hydrogens (tertiary/aromatic N) is 1. The van der Waals surface area contributed by atoms with Gasteiger partial charge in [0.2, 0.25) is 5.91 Å². The summed E-state index contributed by atoms with van der Waals surface area (Å²) in [5.74, 6) is -0.712. The van der Waals surface area contributed by atoms with Gasteiger partial charge in [0.15, 0.2) is 0 Å². The van der Waals surface area contributed by atoms with Crippen LogP contribution in [-0.2, 0) is 4.79 Å². The standard InChI is InChI=1S/C12H11BrN2O/c13-10-6-9(7-14)12(16)15-11(10)8-4-2-1-3-5-8/h1-5,9-11H,6H2,(H,15,16). The Hall–Kier alpha value is -1.34. The zero-order valence-electron chi connectivity index (χ0n) is 8.56. The SMILES string of the molecule is N#CC1CC(Br)C(c2ccccc2)NC1=O. The van der Waals surface area contributed by atoms with Crippen molar-refractivity contribution in [2.24, 2.45) is 5.92 Å². The van der Waals surface area contributed by atoms with Crippen LogP contribution < -0.4 is 5.32 Å². The van der Waals surface area contributed by atoms with Crippen LogP contribution in [-0.4, -0.2) is 10.7 Å². The van der Waals surface area contributed by atoms with E-state index >= 15 is 0 Å².